The summed E-state index contributed by atoms with van der Waals surface area (Å²) in [6, 6.07) is 9.75. The van der Waals surface area contributed by atoms with Crippen LogP contribution in [-0.4, -0.2) is 45.2 Å². The molecular formula is C12H16BNO3. The van der Waals surface area contributed by atoms with Gasteiger partial charge < -0.3 is 14.2 Å². The van der Waals surface area contributed by atoms with Gasteiger partial charge in [-0.1, -0.05) is 30.3 Å². The van der Waals surface area contributed by atoms with Gasteiger partial charge in [0, 0.05) is 27.3 Å². The molecule has 17 heavy (non-hydrogen) atoms. The van der Waals surface area contributed by atoms with Crippen LogP contribution in [-0.2, 0) is 14.1 Å². The molecule has 1 aromatic carbocycles. The van der Waals surface area contributed by atoms with Gasteiger partial charge in [-0.15, -0.1) is 0 Å². The molecule has 1 aliphatic rings. The summed E-state index contributed by atoms with van der Waals surface area (Å²) in [4.78, 5) is 13.3. The molecule has 1 amide bonds. The van der Waals surface area contributed by atoms with Crippen molar-refractivity contribution in [3.63, 3.8) is 0 Å². The van der Waals surface area contributed by atoms with Gasteiger partial charge in [0.1, 0.15) is 0 Å². The first-order chi connectivity index (χ1) is 8.18. The van der Waals surface area contributed by atoms with E-state index < -0.39 is 0 Å². The summed E-state index contributed by atoms with van der Waals surface area (Å²) in [5, 5.41) is 0. The molecular weight excluding hydrogens is 217 g/mol. The fourth-order valence-corrected chi connectivity index (χ4v) is 1.81. The molecule has 90 valence electrons. The Labute approximate surface area is 102 Å². The van der Waals surface area contributed by atoms with Gasteiger partial charge in [0.2, 0.25) is 5.91 Å². The first-order valence-electron chi connectivity index (χ1n) is 5.68. The van der Waals surface area contributed by atoms with Crippen LogP contribution in [0.25, 0.3) is 0 Å². The summed E-state index contributed by atoms with van der Waals surface area (Å²) in [6.45, 7) is 0.827. The van der Waals surface area contributed by atoms with Crippen molar-refractivity contribution in [3.8, 4) is 0 Å². The maximum atomic E-state index is 11.7. The van der Waals surface area contributed by atoms with Gasteiger partial charge >= 0.3 is 7.12 Å². The van der Waals surface area contributed by atoms with Crippen molar-refractivity contribution in [2.75, 3.05) is 27.3 Å². The number of rotatable bonds is 2. The first kappa shape index (κ1) is 12.1. The fourth-order valence-electron chi connectivity index (χ4n) is 1.81. The molecule has 0 aliphatic carbocycles. The van der Waals surface area contributed by atoms with Gasteiger partial charge in [0.25, 0.3) is 0 Å². The lowest BCUT2D eigenvalue weighted by molar-refractivity contribution is -0.136. The van der Waals surface area contributed by atoms with Crippen molar-refractivity contribution in [1.82, 2.24) is 4.90 Å². The van der Waals surface area contributed by atoms with Gasteiger partial charge in [0.15, 0.2) is 0 Å². The Balaban J connectivity index is 1.93. The molecule has 5 heteroatoms. The number of hydrogen-bond acceptors (Lipinski definition) is 3. The normalized spacial score (nSPS) is 16.9. The van der Waals surface area contributed by atoms with E-state index in [0.29, 0.717) is 13.2 Å². The van der Waals surface area contributed by atoms with Crippen LogP contribution in [0.15, 0.2) is 30.3 Å². The summed E-state index contributed by atoms with van der Waals surface area (Å²) in [6.07, 6.45) is 0. The number of amides is 1. The van der Waals surface area contributed by atoms with Crippen LogP contribution in [0.5, 0.6) is 0 Å². The van der Waals surface area contributed by atoms with Crippen molar-refractivity contribution < 1.29 is 14.1 Å². The van der Waals surface area contributed by atoms with Crippen molar-refractivity contribution >= 4 is 18.5 Å². The molecule has 2 rings (SSSR count). The summed E-state index contributed by atoms with van der Waals surface area (Å²) in [5.74, 6) is -0.138. The van der Waals surface area contributed by atoms with Crippen LogP contribution in [0.2, 0.25) is 0 Å². The van der Waals surface area contributed by atoms with Crippen molar-refractivity contribution in [1.29, 1.82) is 0 Å². The molecule has 0 radical (unpaired) electrons. The second kappa shape index (κ2) is 5.34. The average molecular weight is 233 g/mol. The van der Waals surface area contributed by atoms with E-state index >= 15 is 0 Å². The standard InChI is InChI=1S/C12H16BNO3/c1-14(2)12(15)10-8-16-13(17-9-10)11-6-4-3-5-7-11/h3-7,10H,8-9H2,1-2H3. The van der Waals surface area contributed by atoms with E-state index in [1.807, 2.05) is 30.3 Å². The molecule has 0 atom stereocenters. The van der Waals surface area contributed by atoms with Crippen molar-refractivity contribution in [3.05, 3.63) is 30.3 Å². The van der Waals surface area contributed by atoms with Crippen molar-refractivity contribution in [2.45, 2.75) is 0 Å². The summed E-state index contributed by atoms with van der Waals surface area (Å²) < 4.78 is 11.2. The maximum absolute atomic E-state index is 11.7. The minimum Gasteiger partial charge on any atom is -0.406 e. The molecule has 0 bridgehead atoms. The van der Waals surface area contributed by atoms with Crippen LogP contribution in [0.3, 0.4) is 0 Å². The topological polar surface area (TPSA) is 38.8 Å². The van der Waals surface area contributed by atoms with E-state index in [9.17, 15) is 4.79 Å². The number of benzene rings is 1. The molecule has 0 N–H and O–H groups in total. The van der Waals surface area contributed by atoms with E-state index in [1.54, 1.807) is 19.0 Å². The Morgan fingerprint density at radius 1 is 1.24 bits per heavy atom. The van der Waals surface area contributed by atoms with E-state index in [-0.39, 0.29) is 18.9 Å². The quantitative estimate of drug-likeness (QED) is 0.681. The highest BCUT2D eigenvalue weighted by molar-refractivity contribution is 6.61. The van der Waals surface area contributed by atoms with Crippen LogP contribution in [0, 0.1) is 5.92 Å². The zero-order valence-corrected chi connectivity index (χ0v) is 10.1. The number of carbonyl (C=O) groups is 1. The van der Waals surface area contributed by atoms with Crippen LogP contribution < -0.4 is 5.46 Å². The van der Waals surface area contributed by atoms with Gasteiger partial charge in [-0.2, -0.15) is 0 Å². The van der Waals surface area contributed by atoms with Gasteiger partial charge in [-0.3, -0.25) is 4.79 Å². The zero-order valence-electron chi connectivity index (χ0n) is 10.1. The SMILES string of the molecule is CN(C)C(=O)C1COB(c2ccccc2)OC1. The van der Waals surface area contributed by atoms with E-state index in [2.05, 4.69) is 0 Å². The highest BCUT2D eigenvalue weighted by Gasteiger charge is 2.32. The third-order valence-corrected chi connectivity index (χ3v) is 2.76. The van der Waals surface area contributed by atoms with Gasteiger partial charge in [-0.05, 0) is 5.46 Å². The zero-order chi connectivity index (χ0) is 12.3. The summed E-state index contributed by atoms with van der Waals surface area (Å²) >= 11 is 0. The predicted molar refractivity (Wildman–Crippen MR) is 65.9 cm³/mol. The highest BCUT2D eigenvalue weighted by Crippen LogP contribution is 2.11. The first-order valence-corrected chi connectivity index (χ1v) is 5.68. The van der Waals surface area contributed by atoms with E-state index in [1.165, 1.54) is 0 Å². The third kappa shape index (κ3) is 2.87. The minimum atomic E-state index is -0.345. The molecule has 4 nitrogen and oxygen atoms in total. The molecule has 1 aromatic rings. The number of carbonyl (C=O) groups excluding carboxylic acids is 1. The second-order valence-electron chi connectivity index (χ2n) is 4.34. The Morgan fingerprint density at radius 2 is 1.82 bits per heavy atom. The van der Waals surface area contributed by atoms with Crippen LogP contribution in [0.4, 0.5) is 0 Å². The molecule has 1 saturated heterocycles. The summed E-state index contributed by atoms with van der Waals surface area (Å²) in [5.41, 5.74) is 0.989. The molecule has 1 aliphatic heterocycles. The largest absolute Gasteiger partial charge is 0.493 e. The number of nitrogens with zero attached hydrogens (tertiary/aromatic N) is 1. The minimum absolute atomic E-state index is 0.0523. The lowest BCUT2D eigenvalue weighted by Crippen LogP contribution is -2.48. The molecule has 1 fully saturated rings. The molecule has 1 heterocycles. The van der Waals surface area contributed by atoms with Crippen molar-refractivity contribution in [2.24, 2.45) is 5.92 Å². The Hall–Kier alpha value is -1.33. The Bertz CT molecular complexity index is 375. The van der Waals surface area contributed by atoms with E-state index in [0.717, 1.165) is 5.46 Å². The Kier molecular flexibility index (Phi) is 3.81. The third-order valence-electron chi connectivity index (χ3n) is 2.76. The molecule has 0 unspecified atom stereocenters. The second-order valence-corrected chi connectivity index (χ2v) is 4.34. The van der Waals surface area contributed by atoms with Crippen LogP contribution >= 0.6 is 0 Å². The maximum Gasteiger partial charge on any atom is 0.493 e. The lowest BCUT2D eigenvalue weighted by atomic mass is 9.77. The highest BCUT2D eigenvalue weighted by atomic mass is 16.6. The molecule has 0 aromatic heterocycles. The number of hydrogen-bond donors (Lipinski definition) is 0. The summed E-state index contributed by atoms with van der Waals surface area (Å²) in [7, 11) is 3.14. The fraction of sp³-hybridized carbons (Fsp3) is 0.417. The predicted octanol–water partition coefficient (Wildman–Crippen LogP) is 0.133. The van der Waals surface area contributed by atoms with Gasteiger partial charge in [-0.25, -0.2) is 0 Å². The lowest BCUT2D eigenvalue weighted by Gasteiger charge is -2.28. The average Bonchev–Trinajstić information content (AvgIpc) is 2.39. The molecule has 0 saturated carbocycles. The Morgan fingerprint density at radius 3 is 2.35 bits per heavy atom. The van der Waals surface area contributed by atoms with Crippen LogP contribution in [0.1, 0.15) is 0 Å². The monoisotopic (exact) mass is 233 g/mol. The molecule has 0 spiro atoms. The van der Waals surface area contributed by atoms with E-state index in [4.69, 9.17) is 9.31 Å². The van der Waals surface area contributed by atoms with Gasteiger partial charge in [0.05, 0.1) is 5.92 Å². The smallest absolute Gasteiger partial charge is 0.406 e.